The lowest BCUT2D eigenvalue weighted by Crippen LogP contribution is -2.69. The Labute approximate surface area is 138 Å². The molecule has 3 N–H and O–H groups in total. The fraction of sp³-hybridized carbons (Fsp3) is 0.455. The third-order valence-electron chi connectivity index (χ3n) is 2.96. The van der Waals surface area contributed by atoms with Crippen molar-refractivity contribution in [3.8, 4) is 0 Å². The van der Waals surface area contributed by atoms with E-state index >= 15 is 0 Å². The highest BCUT2D eigenvalue weighted by Gasteiger charge is 2.65. The van der Waals surface area contributed by atoms with Crippen LogP contribution in [0.15, 0.2) is 11.3 Å². The van der Waals surface area contributed by atoms with Crippen LogP contribution in [0.2, 0.25) is 0 Å². The highest BCUT2D eigenvalue weighted by Crippen LogP contribution is 2.54. The number of carboxylic acid groups (broad SMARTS) is 1. The van der Waals surface area contributed by atoms with Crippen molar-refractivity contribution in [2.45, 2.75) is 16.5 Å². The number of fused-ring (bicyclic) bond motifs is 1. The summed E-state index contributed by atoms with van der Waals surface area (Å²) in [5.41, 5.74) is 5.07. The minimum atomic E-state index is -1.61. The molecule has 2 rings (SSSR count). The molecule has 0 aromatic carbocycles. The lowest BCUT2D eigenvalue weighted by Gasteiger charge is -2.53. The summed E-state index contributed by atoms with van der Waals surface area (Å²) in [6.07, 6.45) is 0. The van der Waals surface area contributed by atoms with Crippen molar-refractivity contribution < 1.29 is 29.0 Å². The maximum absolute atomic E-state index is 12.2. The first-order valence-corrected chi connectivity index (χ1v) is 8.14. The fourth-order valence-corrected chi connectivity index (χ4v) is 4.97. The van der Waals surface area contributed by atoms with Crippen LogP contribution in [0.3, 0.4) is 0 Å². The summed E-state index contributed by atoms with van der Waals surface area (Å²) in [6, 6.07) is 0. The van der Waals surface area contributed by atoms with Crippen molar-refractivity contribution in [1.82, 2.24) is 4.90 Å². The number of nitrogens with two attached hydrogens (primary N) is 1. The molecule has 0 aliphatic carbocycles. The molecule has 120 valence electrons. The first-order valence-electron chi connectivity index (χ1n) is 5.89. The molecule has 0 aromatic heterocycles. The third-order valence-corrected chi connectivity index (χ3v) is 6.12. The van der Waals surface area contributed by atoms with Gasteiger partial charge in [0.05, 0.1) is 0 Å². The molecule has 11 heteroatoms. The number of thioether (sulfide) groups is 2. The van der Waals surface area contributed by atoms with Gasteiger partial charge in [0.1, 0.15) is 17.7 Å². The highest BCUT2D eigenvalue weighted by molar-refractivity contribution is 8.17. The quantitative estimate of drug-likeness (QED) is 0.419. The van der Waals surface area contributed by atoms with Crippen molar-refractivity contribution in [2.24, 2.45) is 5.73 Å². The summed E-state index contributed by atoms with van der Waals surface area (Å²) in [5.74, 6) is -2.41. The van der Waals surface area contributed by atoms with Crippen LogP contribution in [0.1, 0.15) is 6.92 Å². The number of hydrogen-bond acceptors (Lipinski definition) is 7. The van der Waals surface area contributed by atoms with Gasteiger partial charge in [-0.05, 0) is 11.8 Å². The van der Waals surface area contributed by atoms with E-state index in [2.05, 4.69) is 0 Å². The topological polar surface area (TPSA) is 127 Å². The molecule has 0 aromatic rings. The van der Waals surface area contributed by atoms with Gasteiger partial charge in [0.2, 0.25) is 4.21 Å². The molecule has 2 aliphatic rings. The van der Waals surface area contributed by atoms with E-state index in [1.54, 1.807) is 0 Å². The average Bonchev–Trinajstić information content (AvgIpc) is 2.42. The second-order valence-corrected chi connectivity index (χ2v) is 7.58. The predicted octanol–water partition coefficient (Wildman–Crippen LogP) is 0.550. The Balaban J connectivity index is 2.30. The molecule has 2 amide bonds. The van der Waals surface area contributed by atoms with E-state index in [1.165, 1.54) is 18.7 Å². The number of hydrogen-bond donors (Lipinski definition) is 2. The number of carboxylic acids is 1. The number of carbonyl (C=O) groups excluding carboxylic acids is 3. The third kappa shape index (κ3) is 2.77. The van der Waals surface area contributed by atoms with E-state index in [0.29, 0.717) is 17.3 Å². The second kappa shape index (κ2) is 6.01. The van der Waals surface area contributed by atoms with Crippen LogP contribution in [0.4, 0.5) is 4.79 Å². The number of esters is 1. The molecule has 1 fully saturated rings. The highest BCUT2D eigenvalue weighted by atomic mass is 35.5. The van der Waals surface area contributed by atoms with Gasteiger partial charge in [0, 0.05) is 18.2 Å². The minimum Gasteiger partial charge on any atom is -0.477 e. The minimum absolute atomic E-state index is 0.206. The zero-order valence-electron chi connectivity index (χ0n) is 11.2. The number of rotatable bonds is 4. The van der Waals surface area contributed by atoms with E-state index in [4.69, 9.17) is 22.1 Å². The normalized spacial score (nSPS) is 27.1. The molecule has 0 saturated carbocycles. The van der Waals surface area contributed by atoms with Gasteiger partial charge in [-0.25, -0.2) is 4.79 Å². The Hall–Kier alpha value is -1.39. The summed E-state index contributed by atoms with van der Waals surface area (Å²) >= 11 is 7.76. The molecular formula is C11H11ClN2O6S2. The van der Waals surface area contributed by atoms with Gasteiger partial charge >= 0.3 is 11.9 Å². The van der Waals surface area contributed by atoms with Gasteiger partial charge in [-0.2, -0.15) is 0 Å². The van der Waals surface area contributed by atoms with Gasteiger partial charge in [0.15, 0.2) is 0 Å². The van der Waals surface area contributed by atoms with Crippen LogP contribution >= 0.6 is 35.1 Å². The zero-order chi connectivity index (χ0) is 16.7. The van der Waals surface area contributed by atoms with Crippen LogP contribution in [0.5, 0.6) is 0 Å². The molecule has 0 spiro atoms. The molecule has 8 nitrogen and oxygen atoms in total. The van der Waals surface area contributed by atoms with Gasteiger partial charge < -0.3 is 15.6 Å². The van der Waals surface area contributed by atoms with E-state index in [1.807, 2.05) is 0 Å². The average molecular weight is 367 g/mol. The van der Waals surface area contributed by atoms with Crippen molar-refractivity contribution in [2.75, 3.05) is 12.4 Å². The summed E-state index contributed by atoms with van der Waals surface area (Å²) in [4.78, 5) is 46.5. The number of ether oxygens (including phenoxy) is 1. The molecule has 1 saturated heterocycles. The summed E-state index contributed by atoms with van der Waals surface area (Å²) in [5, 5.41) is 7.77. The van der Waals surface area contributed by atoms with E-state index in [-0.39, 0.29) is 18.1 Å². The molecule has 0 bridgehead atoms. The first-order chi connectivity index (χ1) is 10.2. The van der Waals surface area contributed by atoms with Crippen molar-refractivity contribution in [3.63, 3.8) is 0 Å². The number of carbonyl (C=O) groups is 4. The van der Waals surface area contributed by atoms with Gasteiger partial charge in [-0.3, -0.25) is 19.3 Å². The van der Waals surface area contributed by atoms with Crippen molar-refractivity contribution in [1.29, 1.82) is 0 Å². The second-order valence-electron chi connectivity index (χ2n) is 4.44. The summed E-state index contributed by atoms with van der Waals surface area (Å²) < 4.78 is 3.19. The number of aliphatic carboxylic acids is 1. The van der Waals surface area contributed by atoms with Gasteiger partial charge in [0.25, 0.3) is 11.1 Å². The first kappa shape index (κ1) is 17.0. The van der Waals surface area contributed by atoms with Crippen LogP contribution < -0.4 is 5.73 Å². The van der Waals surface area contributed by atoms with Crippen LogP contribution in [-0.2, 0) is 19.1 Å². The van der Waals surface area contributed by atoms with E-state index in [0.717, 1.165) is 4.90 Å². The zero-order valence-corrected chi connectivity index (χ0v) is 13.6. The number of β-lactam (4-membered cyclic amide) rings is 1. The molecule has 0 radical (unpaired) electrons. The Morgan fingerprint density at radius 3 is 2.73 bits per heavy atom. The smallest absolute Gasteiger partial charge is 0.352 e. The summed E-state index contributed by atoms with van der Waals surface area (Å²) in [6.45, 7) is 0.973. The fourth-order valence-electron chi connectivity index (χ4n) is 2.09. The Kier molecular flexibility index (Phi) is 4.64. The van der Waals surface area contributed by atoms with Crippen LogP contribution in [-0.4, -0.2) is 55.0 Å². The standard InChI is InChI=1S/C11H11ClN2O6S2/c1-4(15)20-2-5-3-21-9-11(12,22-10(13)19)8(18)14(9)6(5)7(16)17/h9H,2-3H2,1H3,(H2,13,19)(H,16,17)/t9-,11?/m1/s1. The SMILES string of the molecule is CC(=O)OCC1=C(C(=O)O)N2C(=O)C(Cl)(SC(N)=O)[C@H]2SC1. The maximum Gasteiger partial charge on any atom is 0.352 e. The largest absolute Gasteiger partial charge is 0.477 e. The lowest BCUT2D eigenvalue weighted by atomic mass is 10.1. The molecule has 2 aliphatic heterocycles. The van der Waals surface area contributed by atoms with Crippen molar-refractivity contribution in [3.05, 3.63) is 11.3 Å². The number of primary amides is 1. The number of halogens is 1. The number of amides is 2. The van der Waals surface area contributed by atoms with Gasteiger partial charge in [-0.15, -0.1) is 11.8 Å². The predicted molar refractivity (Wildman–Crippen MR) is 80.1 cm³/mol. The van der Waals surface area contributed by atoms with Gasteiger partial charge in [-0.1, -0.05) is 11.6 Å². The molecule has 1 unspecified atom stereocenters. The van der Waals surface area contributed by atoms with Crippen LogP contribution in [0, 0.1) is 0 Å². The van der Waals surface area contributed by atoms with E-state index < -0.39 is 32.7 Å². The molecule has 2 atom stereocenters. The monoisotopic (exact) mass is 366 g/mol. The van der Waals surface area contributed by atoms with Crippen molar-refractivity contribution >= 4 is 58.2 Å². The Morgan fingerprint density at radius 2 is 2.23 bits per heavy atom. The molecular weight excluding hydrogens is 356 g/mol. The number of alkyl halides is 1. The van der Waals surface area contributed by atoms with Crippen LogP contribution in [0.25, 0.3) is 0 Å². The summed E-state index contributed by atoms with van der Waals surface area (Å²) in [7, 11) is 0. The molecule has 2 heterocycles. The molecule has 22 heavy (non-hydrogen) atoms. The maximum atomic E-state index is 12.2. The Bertz CT molecular complexity index is 609. The number of nitrogens with zero attached hydrogens (tertiary/aromatic N) is 1. The Morgan fingerprint density at radius 1 is 1.59 bits per heavy atom. The lowest BCUT2D eigenvalue weighted by molar-refractivity contribution is -0.147. The van der Waals surface area contributed by atoms with E-state index in [9.17, 15) is 24.3 Å².